The second kappa shape index (κ2) is 4.05. The van der Waals surface area contributed by atoms with Crippen LogP contribution in [0.1, 0.15) is 5.56 Å². The van der Waals surface area contributed by atoms with Crippen LogP contribution in [-0.4, -0.2) is 7.11 Å². The number of halogens is 1. The Morgan fingerprint density at radius 1 is 1.36 bits per heavy atom. The number of hydrogen-bond acceptors (Lipinski definition) is 1. The van der Waals surface area contributed by atoms with Crippen LogP contribution in [-0.2, 0) is 0 Å². The standard InChI is InChI=1S/C9H7BrO/c1-11-9-5-3-2-4-8(9)6-7-10/h2-5H,1H3. The summed E-state index contributed by atoms with van der Waals surface area (Å²) >= 11 is 3.03. The Labute approximate surface area is 74.5 Å². The van der Waals surface area contributed by atoms with E-state index in [-0.39, 0.29) is 0 Å². The van der Waals surface area contributed by atoms with E-state index in [9.17, 15) is 0 Å². The number of methoxy groups -OCH3 is 1. The van der Waals surface area contributed by atoms with Gasteiger partial charge in [0.05, 0.1) is 12.7 Å². The van der Waals surface area contributed by atoms with Crippen molar-refractivity contribution in [3.63, 3.8) is 0 Å². The second-order valence-electron chi connectivity index (χ2n) is 1.92. The fourth-order valence-electron chi connectivity index (χ4n) is 0.799. The highest BCUT2D eigenvalue weighted by Crippen LogP contribution is 2.15. The molecule has 11 heavy (non-hydrogen) atoms. The highest BCUT2D eigenvalue weighted by molar-refractivity contribution is 9.12. The molecule has 2 heteroatoms. The molecule has 0 aliphatic rings. The Morgan fingerprint density at radius 2 is 2.09 bits per heavy atom. The first kappa shape index (κ1) is 8.16. The van der Waals surface area contributed by atoms with E-state index in [4.69, 9.17) is 4.74 Å². The molecule has 1 aromatic carbocycles. The van der Waals surface area contributed by atoms with Crippen molar-refractivity contribution >= 4 is 15.9 Å². The molecule has 0 heterocycles. The number of ether oxygens (including phenoxy) is 1. The van der Waals surface area contributed by atoms with Crippen molar-refractivity contribution in [3.8, 4) is 16.5 Å². The smallest absolute Gasteiger partial charge is 0.134 e. The van der Waals surface area contributed by atoms with Crippen LogP contribution in [0.3, 0.4) is 0 Å². The number of para-hydroxylation sites is 1. The Morgan fingerprint density at radius 3 is 2.73 bits per heavy atom. The predicted octanol–water partition coefficient (Wildman–Crippen LogP) is 2.40. The van der Waals surface area contributed by atoms with Crippen LogP contribution in [0.5, 0.6) is 5.75 Å². The fourth-order valence-corrected chi connectivity index (χ4v) is 1.01. The van der Waals surface area contributed by atoms with E-state index in [1.165, 1.54) is 0 Å². The van der Waals surface area contributed by atoms with Gasteiger partial charge in [0.1, 0.15) is 5.75 Å². The molecule has 0 aliphatic heterocycles. The molecule has 0 N–H and O–H groups in total. The summed E-state index contributed by atoms with van der Waals surface area (Å²) in [5.41, 5.74) is 0.895. The van der Waals surface area contributed by atoms with Crippen molar-refractivity contribution in [2.45, 2.75) is 0 Å². The molecule has 0 atom stereocenters. The van der Waals surface area contributed by atoms with Crippen molar-refractivity contribution < 1.29 is 4.74 Å². The second-order valence-corrected chi connectivity index (χ2v) is 2.32. The molecule has 0 spiro atoms. The van der Waals surface area contributed by atoms with Crippen LogP contribution < -0.4 is 4.74 Å². The van der Waals surface area contributed by atoms with E-state index in [0.717, 1.165) is 11.3 Å². The van der Waals surface area contributed by atoms with E-state index >= 15 is 0 Å². The Balaban J connectivity index is 3.09. The average molecular weight is 211 g/mol. The van der Waals surface area contributed by atoms with Gasteiger partial charge in [0.15, 0.2) is 0 Å². The van der Waals surface area contributed by atoms with Gasteiger partial charge >= 0.3 is 0 Å². The van der Waals surface area contributed by atoms with Gasteiger partial charge in [-0.1, -0.05) is 18.1 Å². The van der Waals surface area contributed by atoms with Crippen LogP contribution in [0.15, 0.2) is 24.3 Å². The molecular weight excluding hydrogens is 204 g/mol. The summed E-state index contributed by atoms with van der Waals surface area (Å²) in [5, 5.41) is 0. The van der Waals surface area contributed by atoms with Gasteiger partial charge < -0.3 is 4.74 Å². The number of benzene rings is 1. The highest BCUT2D eigenvalue weighted by Gasteiger charge is 1.94. The van der Waals surface area contributed by atoms with Gasteiger partial charge in [-0.05, 0) is 17.0 Å². The lowest BCUT2D eigenvalue weighted by Crippen LogP contribution is -1.85. The first-order valence-electron chi connectivity index (χ1n) is 3.13. The van der Waals surface area contributed by atoms with Gasteiger partial charge in [-0.3, -0.25) is 0 Å². The summed E-state index contributed by atoms with van der Waals surface area (Å²) in [6.45, 7) is 0. The average Bonchev–Trinajstić information content (AvgIpc) is 2.06. The van der Waals surface area contributed by atoms with Gasteiger partial charge in [-0.2, -0.15) is 0 Å². The van der Waals surface area contributed by atoms with E-state index < -0.39 is 0 Å². The van der Waals surface area contributed by atoms with Crippen LogP contribution in [0.2, 0.25) is 0 Å². The molecule has 0 unspecified atom stereocenters. The Bertz CT molecular complexity index is 296. The zero-order chi connectivity index (χ0) is 8.10. The zero-order valence-corrected chi connectivity index (χ0v) is 7.68. The summed E-state index contributed by atoms with van der Waals surface area (Å²) in [6, 6.07) is 7.63. The molecule has 56 valence electrons. The van der Waals surface area contributed by atoms with Crippen LogP contribution >= 0.6 is 15.9 Å². The van der Waals surface area contributed by atoms with Crippen molar-refractivity contribution in [2.24, 2.45) is 0 Å². The first-order valence-corrected chi connectivity index (χ1v) is 3.92. The van der Waals surface area contributed by atoms with Gasteiger partial charge in [-0.25, -0.2) is 0 Å². The largest absolute Gasteiger partial charge is 0.495 e. The molecule has 0 fully saturated rings. The molecule has 1 nitrogen and oxygen atoms in total. The first-order chi connectivity index (χ1) is 5.38. The maximum Gasteiger partial charge on any atom is 0.134 e. The zero-order valence-electron chi connectivity index (χ0n) is 6.10. The molecule has 0 bridgehead atoms. The molecule has 0 amide bonds. The normalized spacial score (nSPS) is 8.18. The van der Waals surface area contributed by atoms with Gasteiger partial charge in [0, 0.05) is 15.9 Å². The number of hydrogen-bond donors (Lipinski definition) is 0. The summed E-state index contributed by atoms with van der Waals surface area (Å²) in [7, 11) is 1.63. The minimum atomic E-state index is 0.805. The topological polar surface area (TPSA) is 9.23 Å². The van der Waals surface area contributed by atoms with Crippen molar-refractivity contribution in [1.82, 2.24) is 0 Å². The van der Waals surface area contributed by atoms with Gasteiger partial charge in [-0.15, -0.1) is 0 Å². The predicted molar refractivity (Wildman–Crippen MR) is 48.8 cm³/mol. The third-order valence-corrected chi connectivity index (χ3v) is 1.49. The van der Waals surface area contributed by atoms with Crippen molar-refractivity contribution in [3.05, 3.63) is 29.8 Å². The molecule has 0 aliphatic carbocycles. The van der Waals surface area contributed by atoms with E-state index in [1.807, 2.05) is 24.3 Å². The Hall–Kier alpha value is -0.940. The minimum absolute atomic E-state index is 0.805. The molecular formula is C9H7BrO. The highest BCUT2D eigenvalue weighted by atomic mass is 79.9. The van der Waals surface area contributed by atoms with Crippen molar-refractivity contribution in [2.75, 3.05) is 7.11 Å². The summed E-state index contributed by atoms with van der Waals surface area (Å²) < 4.78 is 5.07. The summed E-state index contributed by atoms with van der Waals surface area (Å²) in [5.74, 6) is 3.67. The quantitative estimate of drug-likeness (QED) is 0.648. The Kier molecular flexibility index (Phi) is 3.00. The lowest BCUT2D eigenvalue weighted by Gasteiger charge is -2.00. The fraction of sp³-hybridized carbons (Fsp3) is 0.111. The maximum atomic E-state index is 5.07. The molecule has 0 saturated heterocycles. The van der Waals surface area contributed by atoms with E-state index in [1.54, 1.807) is 7.11 Å². The molecule has 1 rings (SSSR count). The lowest BCUT2D eigenvalue weighted by molar-refractivity contribution is 0.413. The van der Waals surface area contributed by atoms with E-state index in [2.05, 4.69) is 26.7 Å². The molecule has 0 saturated carbocycles. The maximum absolute atomic E-state index is 5.07. The van der Waals surface area contributed by atoms with Crippen LogP contribution in [0, 0.1) is 10.8 Å². The summed E-state index contributed by atoms with van der Waals surface area (Å²) in [4.78, 5) is 2.64. The molecule has 0 aromatic heterocycles. The van der Waals surface area contributed by atoms with Crippen molar-refractivity contribution in [1.29, 1.82) is 0 Å². The van der Waals surface area contributed by atoms with E-state index in [0.29, 0.717) is 0 Å². The monoisotopic (exact) mass is 210 g/mol. The van der Waals surface area contributed by atoms with Gasteiger partial charge in [0.25, 0.3) is 0 Å². The third-order valence-electron chi connectivity index (χ3n) is 1.29. The third kappa shape index (κ3) is 1.99. The lowest BCUT2D eigenvalue weighted by atomic mass is 10.2. The molecule has 1 aromatic rings. The van der Waals surface area contributed by atoms with Crippen LogP contribution in [0.25, 0.3) is 0 Å². The molecule has 0 radical (unpaired) electrons. The number of rotatable bonds is 1. The van der Waals surface area contributed by atoms with Gasteiger partial charge in [0.2, 0.25) is 0 Å². The SMILES string of the molecule is COc1ccccc1C#CBr. The van der Waals surface area contributed by atoms with Crippen LogP contribution in [0.4, 0.5) is 0 Å². The minimum Gasteiger partial charge on any atom is -0.495 e. The summed E-state index contributed by atoms with van der Waals surface area (Å²) in [6.07, 6.45) is 0.